The van der Waals surface area contributed by atoms with Crippen LogP contribution in [-0.2, 0) is 6.42 Å². The summed E-state index contributed by atoms with van der Waals surface area (Å²) < 4.78 is 0. The number of hydrogen-bond acceptors (Lipinski definition) is 4. The molecule has 2 unspecified atom stereocenters. The molecule has 88 valence electrons. The first-order valence-corrected chi connectivity index (χ1v) is 6.93. The quantitative estimate of drug-likeness (QED) is 0.837. The van der Waals surface area contributed by atoms with E-state index in [2.05, 4.69) is 26.6 Å². The zero-order chi connectivity index (χ0) is 11.0. The number of aliphatic hydroxyl groups is 1. The lowest BCUT2D eigenvalue weighted by molar-refractivity contribution is -0.0453. The lowest BCUT2D eigenvalue weighted by Gasteiger charge is -2.49. The fraction of sp³-hybridized carbons (Fsp3) is 0.667. The Balaban J connectivity index is 1.64. The topological polar surface area (TPSA) is 26.7 Å². The van der Waals surface area contributed by atoms with Crippen LogP contribution >= 0.6 is 11.3 Å². The van der Waals surface area contributed by atoms with Crippen LogP contribution < -0.4 is 0 Å². The Kier molecular flexibility index (Phi) is 2.98. The molecule has 0 amide bonds. The molecule has 4 rings (SSSR count). The summed E-state index contributed by atoms with van der Waals surface area (Å²) in [5.74, 6) is 0. The molecule has 3 aliphatic rings. The third-order valence-electron chi connectivity index (χ3n) is 3.79. The Hall–Kier alpha value is -0.420. The first-order chi connectivity index (χ1) is 7.83. The van der Waals surface area contributed by atoms with Crippen molar-refractivity contribution < 1.29 is 5.11 Å². The molecule has 1 N–H and O–H groups in total. The molecule has 3 fully saturated rings. The molecule has 0 spiro atoms. The molecule has 1 aromatic rings. The fourth-order valence-corrected chi connectivity index (χ4v) is 3.49. The molecule has 0 aliphatic carbocycles. The van der Waals surface area contributed by atoms with Crippen molar-refractivity contribution in [1.82, 2.24) is 9.80 Å². The van der Waals surface area contributed by atoms with E-state index in [1.54, 1.807) is 11.3 Å². The van der Waals surface area contributed by atoms with Gasteiger partial charge in [-0.15, -0.1) is 0 Å². The zero-order valence-electron chi connectivity index (χ0n) is 9.38. The minimum Gasteiger partial charge on any atom is -0.391 e. The summed E-state index contributed by atoms with van der Waals surface area (Å²) in [6.45, 7) is 5.67. The molecule has 4 heteroatoms. The van der Waals surface area contributed by atoms with Gasteiger partial charge in [0.25, 0.3) is 0 Å². The Morgan fingerprint density at radius 3 is 2.75 bits per heavy atom. The van der Waals surface area contributed by atoms with Crippen molar-refractivity contribution in [2.45, 2.75) is 18.6 Å². The smallest absolute Gasteiger partial charge is 0.0748 e. The second-order valence-electron chi connectivity index (χ2n) is 4.81. The molecule has 4 heterocycles. The van der Waals surface area contributed by atoms with E-state index in [0.717, 1.165) is 26.1 Å². The minimum absolute atomic E-state index is 0.210. The zero-order valence-corrected chi connectivity index (χ0v) is 10.2. The van der Waals surface area contributed by atoms with Crippen molar-refractivity contribution in [2.75, 3.05) is 32.7 Å². The van der Waals surface area contributed by atoms with Gasteiger partial charge in [-0.3, -0.25) is 9.80 Å². The van der Waals surface area contributed by atoms with Crippen LogP contribution in [0.2, 0.25) is 0 Å². The van der Waals surface area contributed by atoms with Gasteiger partial charge in [-0.1, -0.05) is 0 Å². The number of rotatable bonds is 3. The second-order valence-corrected chi connectivity index (χ2v) is 5.59. The molecule has 3 nitrogen and oxygen atoms in total. The summed E-state index contributed by atoms with van der Waals surface area (Å²) in [6.07, 6.45) is 0.594. The minimum atomic E-state index is -0.210. The second kappa shape index (κ2) is 4.45. The highest BCUT2D eigenvalue weighted by Gasteiger charge is 2.35. The molecule has 16 heavy (non-hydrogen) atoms. The maximum absolute atomic E-state index is 10.3. The summed E-state index contributed by atoms with van der Waals surface area (Å²) in [7, 11) is 0. The van der Waals surface area contributed by atoms with E-state index in [4.69, 9.17) is 0 Å². The average molecular weight is 238 g/mol. The number of aliphatic hydroxyl groups excluding tert-OH is 1. The largest absolute Gasteiger partial charge is 0.391 e. The number of fused-ring (bicyclic) bond motifs is 3. The van der Waals surface area contributed by atoms with Gasteiger partial charge in [-0.25, -0.2) is 0 Å². The molecule has 2 atom stereocenters. The van der Waals surface area contributed by atoms with Gasteiger partial charge in [-0.05, 0) is 22.4 Å². The van der Waals surface area contributed by atoms with E-state index in [-0.39, 0.29) is 6.10 Å². The van der Waals surface area contributed by atoms with Gasteiger partial charge in [0, 0.05) is 45.2 Å². The highest BCUT2D eigenvalue weighted by atomic mass is 32.1. The highest BCUT2D eigenvalue weighted by Crippen LogP contribution is 2.20. The van der Waals surface area contributed by atoms with Gasteiger partial charge < -0.3 is 5.11 Å². The van der Waals surface area contributed by atoms with Crippen LogP contribution in [0.1, 0.15) is 5.56 Å². The molecule has 0 radical (unpaired) electrons. The third-order valence-corrected chi connectivity index (χ3v) is 4.52. The Morgan fingerprint density at radius 2 is 2.19 bits per heavy atom. The van der Waals surface area contributed by atoms with Gasteiger partial charge in [0.1, 0.15) is 0 Å². The van der Waals surface area contributed by atoms with Crippen molar-refractivity contribution in [2.24, 2.45) is 0 Å². The van der Waals surface area contributed by atoms with E-state index in [0.29, 0.717) is 6.04 Å². The van der Waals surface area contributed by atoms with Crippen molar-refractivity contribution in [3.63, 3.8) is 0 Å². The van der Waals surface area contributed by atoms with Crippen LogP contribution in [0.3, 0.4) is 0 Å². The average Bonchev–Trinajstić information content (AvgIpc) is 2.83. The summed E-state index contributed by atoms with van der Waals surface area (Å²) in [5, 5.41) is 14.5. The lowest BCUT2D eigenvalue weighted by Crippen LogP contribution is -2.64. The van der Waals surface area contributed by atoms with Crippen molar-refractivity contribution >= 4 is 11.3 Å². The van der Waals surface area contributed by atoms with E-state index in [1.165, 1.54) is 18.7 Å². The first-order valence-electron chi connectivity index (χ1n) is 5.98. The molecule has 3 aliphatic heterocycles. The number of nitrogens with zero attached hydrogens (tertiary/aromatic N) is 2. The third kappa shape index (κ3) is 2.02. The summed E-state index contributed by atoms with van der Waals surface area (Å²) in [6, 6.07) is 2.47. The standard InChI is InChI=1S/C12H18N2OS/c15-12(7-10-1-6-16-9-10)11-8-13-2-4-14(11)5-3-13/h1,6,9,11-12,15H,2-5,7-8H2. The molecule has 2 bridgehead atoms. The van der Waals surface area contributed by atoms with Crippen molar-refractivity contribution in [3.8, 4) is 0 Å². The van der Waals surface area contributed by atoms with Gasteiger partial charge in [0.05, 0.1) is 6.10 Å². The number of thiophene rings is 1. The Bertz CT molecular complexity index is 333. The maximum atomic E-state index is 10.3. The van der Waals surface area contributed by atoms with Crippen molar-refractivity contribution in [1.29, 1.82) is 0 Å². The highest BCUT2D eigenvalue weighted by molar-refractivity contribution is 7.07. The van der Waals surface area contributed by atoms with Crippen LogP contribution in [0.15, 0.2) is 16.8 Å². The predicted octanol–water partition coefficient (Wildman–Crippen LogP) is 0.651. The van der Waals surface area contributed by atoms with Crippen LogP contribution in [0, 0.1) is 0 Å². The number of hydrogen-bond donors (Lipinski definition) is 1. The molecular weight excluding hydrogens is 220 g/mol. The van der Waals surface area contributed by atoms with E-state index in [9.17, 15) is 5.11 Å². The van der Waals surface area contributed by atoms with E-state index >= 15 is 0 Å². The van der Waals surface area contributed by atoms with E-state index in [1.807, 2.05) is 0 Å². The van der Waals surface area contributed by atoms with Crippen LogP contribution in [0.5, 0.6) is 0 Å². The van der Waals surface area contributed by atoms with Crippen LogP contribution in [-0.4, -0.2) is 59.8 Å². The molecule has 0 saturated carbocycles. The maximum Gasteiger partial charge on any atom is 0.0748 e. The van der Waals surface area contributed by atoms with Gasteiger partial charge in [0.2, 0.25) is 0 Å². The molecule has 0 aromatic carbocycles. The van der Waals surface area contributed by atoms with Crippen LogP contribution in [0.25, 0.3) is 0 Å². The van der Waals surface area contributed by atoms with Gasteiger partial charge in [-0.2, -0.15) is 11.3 Å². The van der Waals surface area contributed by atoms with Crippen LogP contribution in [0.4, 0.5) is 0 Å². The number of piperazine rings is 3. The predicted molar refractivity (Wildman–Crippen MR) is 65.8 cm³/mol. The first kappa shape index (κ1) is 10.7. The van der Waals surface area contributed by atoms with E-state index < -0.39 is 0 Å². The normalized spacial score (nSPS) is 35.2. The summed E-state index contributed by atoms with van der Waals surface area (Å²) in [4.78, 5) is 4.93. The summed E-state index contributed by atoms with van der Waals surface area (Å²) in [5.41, 5.74) is 1.27. The Morgan fingerprint density at radius 1 is 1.38 bits per heavy atom. The van der Waals surface area contributed by atoms with Gasteiger partial charge in [0.15, 0.2) is 0 Å². The Labute approximate surface area is 100 Å². The SMILES string of the molecule is OC(Cc1ccsc1)C1CN2CCN1CC2. The fourth-order valence-electron chi connectivity index (χ4n) is 2.81. The van der Waals surface area contributed by atoms with Gasteiger partial charge >= 0.3 is 0 Å². The molecular formula is C12H18N2OS. The molecule has 1 aromatic heterocycles. The molecule has 3 saturated heterocycles. The summed E-state index contributed by atoms with van der Waals surface area (Å²) >= 11 is 1.71. The lowest BCUT2D eigenvalue weighted by atomic mass is 9.98. The van der Waals surface area contributed by atoms with Crippen molar-refractivity contribution in [3.05, 3.63) is 22.4 Å². The monoisotopic (exact) mass is 238 g/mol.